The van der Waals surface area contributed by atoms with Gasteiger partial charge in [-0.25, -0.2) is 4.79 Å². The van der Waals surface area contributed by atoms with Crippen LogP contribution in [0.2, 0.25) is 0 Å². The summed E-state index contributed by atoms with van der Waals surface area (Å²) in [5.41, 5.74) is 8.18. The lowest BCUT2D eigenvalue weighted by atomic mass is 10.0. The van der Waals surface area contributed by atoms with Gasteiger partial charge >= 0.3 is 5.97 Å². The molecule has 0 amide bonds. The molecular weight excluding hydrogens is 122 g/mol. The molecule has 0 aliphatic heterocycles. The molecule has 1 atom stereocenters. The quantitative estimate of drug-likeness (QED) is 0.276. The van der Waals surface area contributed by atoms with Crippen LogP contribution in [0.3, 0.4) is 0 Å². The van der Waals surface area contributed by atoms with Gasteiger partial charge in [0.2, 0.25) is 0 Å². The fourth-order valence-corrected chi connectivity index (χ4v) is 0.115. The van der Waals surface area contributed by atoms with Crippen molar-refractivity contribution in [2.45, 2.75) is 12.5 Å². The Morgan fingerprint density at radius 2 is 2.11 bits per heavy atom. The molecule has 0 saturated heterocycles. The summed E-state index contributed by atoms with van der Waals surface area (Å²) in [6.07, 6.45) is 0. The van der Waals surface area contributed by atoms with Crippen LogP contribution in [0.5, 0.6) is 0 Å². The SMILES string of the molecule is CC(N)(C(=N)N)C(=O)O. The first-order chi connectivity index (χ1) is 3.89. The van der Waals surface area contributed by atoms with Gasteiger partial charge in [-0.1, -0.05) is 0 Å². The minimum Gasteiger partial charge on any atom is -0.480 e. The Labute approximate surface area is 52.2 Å². The molecule has 0 heterocycles. The summed E-state index contributed by atoms with van der Waals surface area (Å²) in [6, 6.07) is 0. The molecule has 0 spiro atoms. The molecule has 0 aromatic carbocycles. The topological polar surface area (TPSA) is 113 Å². The molecule has 5 heteroatoms. The van der Waals surface area contributed by atoms with Gasteiger partial charge in [0.25, 0.3) is 0 Å². The van der Waals surface area contributed by atoms with E-state index in [1.165, 1.54) is 0 Å². The summed E-state index contributed by atoms with van der Waals surface area (Å²) in [7, 11) is 0. The zero-order valence-corrected chi connectivity index (χ0v) is 5.01. The number of nitrogens with two attached hydrogens (primary N) is 2. The second-order valence-electron chi connectivity index (χ2n) is 1.92. The van der Waals surface area contributed by atoms with Gasteiger partial charge in [0, 0.05) is 0 Å². The van der Waals surface area contributed by atoms with Crippen LogP contribution in [0.1, 0.15) is 6.92 Å². The van der Waals surface area contributed by atoms with E-state index in [0.717, 1.165) is 6.92 Å². The fourth-order valence-electron chi connectivity index (χ4n) is 0.115. The van der Waals surface area contributed by atoms with E-state index in [9.17, 15) is 4.79 Å². The molecule has 0 aliphatic carbocycles. The predicted octanol–water partition coefficient (Wildman–Crippen LogP) is -1.28. The smallest absolute Gasteiger partial charge is 0.331 e. The molecule has 0 fully saturated rings. The summed E-state index contributed by atoms with van der Waals surface area (Å²) in [5, 5.41) is 15.0. The molecule has 1 unspecified atom stereocenters. The summed E-state index contributed by atoms with van der Waals surface area (Å²) < 4.78 is 0. The Balaban J connectivity index is 4.38. The van der Waals surface area contributed by atoms with Crippen LogP contribution in [-0.4, -0.2) is 22.5 Å². The monoisotopic (exact) mass is 131 g/mol. The summed E-state index contributed by atoms with van der Waals surface area (Å²) in [4.78, 5) is 10.1. The number of hydrogen-bond acceptors (Lipinski definition) is 3. The molecule has 0 rings (SSSR count). The van der Waals surface area contributed by atoms with E-state index >= 15 is 0 Å². The Kier molecular flexibility index (Phi) is 1.77. The molecule has 52 valence electrons. The van der Waals surface area contributed by atoms with Gasteiger partial charge in [0.05, 0.1) is 0 Å². The van der Waals surface area contributed by atoms with Crippen LogP contribution in [0.15, 0.2) is 0 Å². The third kappa shape index (κ3) is 1.39. The van der Waals surface area contributed by atoms with Crippen molar-refractivity contribution in [3.63, 3.8) is 0 Å². The van der Waals surface area contributed by atoms with E-state index in [4.69, 9.17) is 22.0 Å². The molecule has 0 bridgehead atoms. The first-order valence-corrected chi connectivity index (χ1v) is 2.26. The first kappa shape index (κ1) is 7.90. The Hall–Kier alpha value is -1.10. The number of hydrogen-bond donors (Lipinski definition) is 4. The molecule has 9 heavy (non-hydrogen) atoms. The van der Waals surface area contributed by atoms with Crippen LogP contribution < -0.4 is 11.5 Å². The van der Waals surface area contributed by atoms with E-state index < -0.39 is 17.3 Å². The van der Waals surface area contributed by atoms with Gasteiger partial charge in [0.15, 0.2) is 5.54 Å². The Bertz CT molecular complexity index is 136. The highest BCUT2D eigenvalue weighted by molar-refractivity contribution is 6.06. The number of nitrogens with one attached hydrogen (secondary N) is 1. The van der Waals surface area contributed by atoms with Crippen LogP contribution in [0, 0.1) is 5.41 Å². The van der Waals surface area contributed by atoms with E-state index in [1.807, 2.05) is 0 Å². The fraction of sp³-hybridized carbons (Fsp3) is 0.500. The van der Waals surface area contributed by atoms with E-state index in [0.29, 0.717) is 0 Å². The minimum absolute atomic E-state index is 0.546. The molecular formula is C4H9N3O2. The maximum Gasteiger partial charge on any atom is 0.331 e. The number of carboxylic acid groups (broad SMARTS) is 1. The van der Waals surface area contributed by atoms with Crippen molar-refractivity contribution in [1.29, 1.82) is 5.41 Å². The Morgan fingerprint density at radius 3 is 2.11 bits per heavy atom. The number of rotatable bonds is 2. The lowest BCUT2D eigenvalue weighted by Crippen LogP contribution is -2.55. The highest BCUT2D eigenvalue weighted by atomic mass is 16.4. The van der Waals surface area contributed by atoms with Crippen molar-refractivity contribution in [3.05, 3.63) is 0 Å². The second-order valence-corrected chi connectivity index (χ2v) is 1.92. The Morgan fingerprint density at radius 1 is 1.78 bits per heavy atom. The van der Waals surface area contributed by atoms with Crippen molar-refractivity contribution in [2.75, 3.05) is 0 Å². The van der Waals surface area contributed by atoms with E-state index in [1.54, 1.807) is 0 Å². The van der Waals surface area contributed by atoms with Gasteiger partial charge in [0.1, 0.15) is 5.84 Å². The lowest BCUT2D eigenvalue weighted by Gasteiger charge is -2.15. The third-order valence-corrected chi connectivity index (χ3v) is 1.00. The van der Waals surface area contributed by atoms with Crippen LogP contribution >= 0.6 is 0 Å². The minimum atomic E-state index is -1.72. The zero-order valence-electron chi connectivity index (χ0n) is 5.01. The summed E-state index contributed by atoms with van der Waals surface area (Å²) in [6.45, 7) is 1.16. The second kappa shape index (κ2) is 2.02. The summed E-state index contributed by atoms with van der Waals surface area (Å²) >= 11 is 0. The normalized spacial score (nSPS) is 16.2. The average molecular weight is 131 g/mol. The van der Waals surface area contributed by atoms with Gasteiger partial charge < -0.3 is 16.6 Å². The molecule has 6 N–H and O–H groups in total. The lowest BCUT2D eigenvalue weighted by molar-refractivity contribution is -0.140. The van der Waals surface area contributed by atoms with E-state index in [-0.39, 0.29) is 0 Å². The van der Waals surface area contributed by atoms with Crippen molar-refractivity contribution in [1.82, 2.24) is 0 Å². The standard InChI is InChI=1S/C4H9N3O2/c1-4(7,2(5)6)3(8)9/h7H2,1H3,(H3,5,6)(H,8,9). The van der Waals surface area contributed by atoms with Gasteiger partial charge in [-0.3, -0.25) is 5.41 Å². The summed E-state index contributed by atoms with van der Waals surface area (Å²) in [5.74, 6) is -1.84. The third-order valence-electron chi connectivity index (χ3n) is 1.00. The molecule has 0 aliphatic rings. The van der Waals surface area contributed by atoms with Crippen molar-refractivity contribution in [2.24, 2.45) is 11.5 Å². The molecule has 0 saturated carbocycles. The van der Waals surface area contributed by atoms with E-state index in [2.05, 4.69) is 0 Å². The maximum atomic E-state index is 10.1. The highest BCUT2D eigenvalue weighted by Crippen LogP contribution is 1.95. The number of aliphatic carboxylic acids is 1. The largest absolute Gasteiger partial charge is 0.480 e. The number of amidine groups is 1. The van der Waals surface area contributed by atoms with Gasteiger partial charge in [-0.15, -0.1) is 0 Å². The van der Waals surface area contributed by atoms with Gasteiger partial charge in [-0.2, -0.15) is 0 Å². The number of carbonyl (C=O) groups is 1. The molecule has 0 radical (unpaired) electrons. The first-order valence-electron chi connectivity index (χ1n) is 2.26. The van der Waals surface area contributed by atoms with Crippen LogP contribution in [0.25, 0.3) is 0 Å². The van der Waals surface area contributed by atoms with Gasteiger partial charge in [-0.05, 0) is 6.92 Å². The number of carboxylic acids is 1. The maximum absolute atomic E-state index is 10.1. The van der Waals surface area contributed by atoms with Crippen molar-refractivity contribution < 1.29 is 9.90 Å². The molecule has 0 aromatic rings. The average Bonchev–Trinajstić information content (AvgIpc) is 1.65. The molecule has 0 aromatic heterocycles. The van der Waals surface area contributed by atoms with Crippen LogP contribution in [-0.2, 0) is 4.79 Å². The van der Waals surface area contributed by atoms with Crippen molar-refractivity contribution >= 4 is 11.8 Å². The van der Waals surface area contributed by atoms with Crippen LogP contribution in [0.4, 0.5) is 0 Å². The predicted molar refractivity (Wildman–Crippen MR) is 32.1 cm³/mol. The van der Waals surface area contributed by atoms with Crippen molar-refractivity contribution in [3.8, 4) is 0 Å². The highest BCUT2D eigenvalue weighted by Gasteiger charge is 2.31. The molecule has 5 nitrogen and oxygen atoms in total. The zero-order chi connectivity index (χ0) is 7.65.